The van der Waals surface area contributed by atoms with Gasteiger partial charge in [0.15, 0.2) is 0 Å². The minimum atomic E-state index is 0.00308. The van der Waals surface area contributed by atoms with Gasteiger partial charge in [0.25, 0.3) is 5.91 Å². The van der Waals surface area contributed by atoms with E-state index in [0.29, 0.717) is 24.3 Å². The number of rotatable bonds is 7. The van der Waals surface area contributed by atoms with Crippen molar-refractivity contribution in [2.75, 3.05) is 12.4 Å². The Labute approximate surface area is 121 Å². The average molecular weight is 282 g/mol. The first-order chi connectivity index (χ1) is 9.08. The maximum atomic E-state index is 12.0. The van der Waals surface area contributed by atoms with E-state index in [2.05, 4.69) is 26.1 Å². The Morgan fingerprint density at radius 3 is 2.37 bits per heavy atom. The van der Waals surface area contributed by atoms with E-state index in [9.17, 15) is 4.79 Å². The summed E-state index contributed by atoms with van der Waals surface area (Å²) in [6, 6.07) is 7.84. The number of amides is 1. The molecule has 2 nitrogen and oxygen atoms in total. The Morgan fingerprint density at radius 1 is 1.26 bits per heavy atom. The second-order valence-electron chi connectivity index (χ2n) is 5.24. The Kier molecular flexibility index (Phi) is 6.93. The van der Waals surface area contributed by atoms with Gasteiger partial charge in [-0.05, 0) is 36.0 Å². The fourth-order valence-electron chi connectivity index (χ4n) is 1.96. The van der Waals surface area contributed by atoms with Gasteiger partial charge in [-0.25, -0.2) is 0 Å². The molecule has 0 saturated carbocycles. The van der Waals surface area contributed by atoms with E-state index in [0.717, 1.165) is 18.4 Å². The molecule has 0 heterocycles. The van der Waals surface area contributed by atoms with Crippen LogP contribution in [0.25, 0.3) is 0 Å². The summed E-state index contributed by atoms with van der Waals surface area (Å²) in [5.41, 5.74) is 1.98. The van der Waals surface area contributed by atoms with Crippen molar-refractivity contribution >= 4 is 17.5 Å². The molecular weight excluding hydrogens is 258 g/mol. The minimum absolute atomic E-state index is 0.00308. The van der Waals surface area contributed by atoms with Gasteiger partial charge in [-0.1, -0.05) is 39.3 Å². The Bertz CT molecular complexity index is 386. The average Bonchev–Trinajstić information content (AvgIpc) is 2.43. The van der Waals surface area contributed by atoms with E-state index >= 15 is 0 Å². The zero-order valence-electron chi connectivity index (χ0n) is 12.1. The molecular formula is C16H24ClNO. The SMILES string of the molecule is CCC(CCCl)CNC(=O)c1ccc(C(C)C)cc1. The lowest BCUT2D eigenvalue weighted by Crippen LogP contribution is -2.29. The van der Waals surface area contributed by atoms with E-state index in [1.165, 1.54) is 5.56 Å². The van der Waals surface area contributed by atoms with Crippen molar-refractivity contribution in [1.82, 2.24) is 5.32 Å². The summed E-state index contributed by atoms with van der Waals surface area (Å²) in [6.07, 6.45) is 1.99. The number of nitrogens with one attached hydrogen (secondary N) is 1. The molecule has 1 rings (SSSR count). The molecule has 0 radical (unpaired) electrons. The van der Waals surface area contributed by atoms with Crippen molar-refractivity contribution in [2.24, 2.45) is 5.92 Å². The second-order valence-corrected chi connectivity index (χ2v) is 5.62. The quantitative estimate of drug-likeness (QED) is 0.746. The highest BCUT2D eigenvalue weighted by molar-refractivity contribution is 6.17. The van der Waals surface area contributed by atoms with Crippen molar-refractivity contribution in [3.8, 4) is 0 Å². The van der Waals surface area contributed by atoms with Crippen LogP contribution < -0.4 is 5.32 Å². The van der Waals surface area contributed by atoms with Gasteiger partial charge in [-0.3, -0.25) is 4.79 Å². The van der Waals surface area contributed by atoms with Crippen LogP contribution in [0, 0.1) is 5.92 Å². The number of hydrogen-bond acceptors (Lipinski definition) is 1. The zero-order chi connectivity index (χ0) is 14.3. The third-order valence-electron chi connectivity index (χ3n) is 3.49. The molecule has 0 aliphatic carbocycles. The van der Waals surface area contributed by atoms with Gasteiger partial charge in [0.05, 0.1) is 0 Å². The van der Waals surface area contributed by atoms with Gasteiger partial charge in [-0.15, -0.1) is 11.6 Å². The molecule has 0 spiro atoms. The molecule has 0 fully saturated rings. The lowest BCUT2D eigenvalue weighted by atomic mass is 10.0. The predicted octanol–water partition coefficient (Wildman–Crippen LogP) is 4.19. The van der Waals surface area contributed by atoms with E-state index in [4.69, 9.17) is 11.6 Å². The van der Waals surface area contributed by atoms with Gasteiger partial charge in [-0.2, -0.15) is 0 Å². The van der Waals surface area contributed by atoms with Crippen molar-refractivity contribution in [3.63, 3.8) is 0 Å². The largest absolute Gasteiger partial charge is 0.352 e. The topological polar surface area (TPSA) is 29.1 Å². The monoisotopic (exact) mass is 281 g/mol. The summed E-state index contributed by atoms with van der Waals surface area (Å²) >= 11 is 5.74. The van der Waals surface area contributed by atoms with E-state index in [-0.39, 0.29) is 5.91 Å². The molecule has 1 aromatic carbocycles. The van der Waals surface area contributed by atoms with Gasteiger partial charge < -0.3 is 5.32 Å². The lowest BCUT2D eigenvalue weighted by Gasteiger charge is -2.14. The molecule has 0 aromatic heterocycles. The maximum absolute atomic E-state index is 12.0. The number of carbonyl (C=O) groups excluding carboxylic acids is 1. The van der Waals surface area contributed by atoms with Gasteiger partial charge in [0.1, 0.15) is 0 Å². The summed E-state index contributed by atoms with van der Waals surface area (Å²) in [5, 5.41) is 2.99. The van der Waals surface area contributed by atoms with Crippen LogP contribution >= 0.6 is 11.6 Å². The summed E-state index contributed by atoms with van der Waals surface area (Å²) in [6.45, 7) is 7.12. The summed E-state index contributed by atoms with van der Waals surface area (Å²) in [4.78, 5) is 12.0. The van der Waals surface area contributed by atoms with Crippen LogP contribution in [-0.4, -0.2) is 18.3 Å². The van der Waals surface area contributed by atoms with Crippen LogP contribution in [0.2, 0.25) is 0 Å². The number of carbonyl (C=O) groups is 1. The number of hydrogen-bond donors (Lipinski definition) is 1. The fourth-order valence-corrected chi connectivity index (χ4v) is 2.27. The van der Waals surface area contributed by atoms with Crippen LogP contribution in [0.5, 0.6) is 0 Å². The summed E-state index contributed by atoms with van der Waals surface area (Å²) in [5.74, 6) is 1.61. The highest BCUT2D eigenvalue weighted by Gasteiger charge is 2.10. The third-order valence-corrected chi connectivity index (χ3v) is 3.70. The van der Waals surface area contributed by atoms with E-state index in [1.54, 1.807) is 0 Å². The van der Waals surface area contributed by atoms with Crippen molar-refractivity contribution < 1.29 is 4.79 Å². The Balaban J connectivity index is 2.53. The zero-order valence-corrected chi connectivity index (χ0v) is 12.8. The molecule has 1 aromatic rings. The lowest BCUT2D eigenvalue weighted by molar-refractivity contribution is 0.0946. The Hall–Kier alpha value is -1.02. The smallest absolute Gasteiger partial charge is 0.251 e. The summed E-state index contributed by atoms with van der Waals surface area (Å²) in [7, 11) is 0. The fraction of sp³-hybridized carbons (Fsp3) is 0.562. The first kappa shape index (κ1) is 16.0. The van der Waals surface area contributed by atoms with Crippen LogP contribution in [0.1, 0.15) is 55.5 Å². The molecule has 1 atom stereocenters. The number of halogens is 1. The molecule has 0 bridgehead atoms. The number of benzene rings is 1. The molecule has 0 aliphatic heterocycles. The predicted molar refractivity (Wildman–Crippen MR) is 82.0 cm³/mol. The Morgan fingerprint density at radius 2 is 1.89 bits per heavy atom. The molecule has 0 saturated heterocycles. The summed E-state index contributed by atoms with van der Waals surface area (Å²) < 4.78 is 0. The molecule has 3 heteroatoms. The van der Waals surface area contributed by atoms with Crippen molar-refractivity contribution in [3.05, 3.63) is 35.4 Å². The van der Waals surface area contributed by atoms with Crippen LogP contribution in [0.3, 0.4) is 0 Å². The molecule has 1 N–H and O–H groups in total. The van der Waals surface area contributed by atoms with Crippen molar-refractivity contribution in [1.29, 1.82) is 0 Å². The highest BCUT2D eigenvalue weighted by Crippen LogP contribution is 2.15. The first-order valence-corrected chi connectivity index (χ1v) is 7.56. The van der Waals surface area contributed by atoms with Crippen LogP contribution in [0.4, 0.5) is 0 Å². The van der Waals surface area contributed by atoms with Gasteiger partial charge in [0, 0.05) is 18.0 Å². The second kappa shape index (κ2) is 8.21. The highest BCUT2D eigenvalue weighted by atomic mass is 35.5. The molecule has 106 valence electrons. The molecule has 1 amide bonds. The van der Waals surface area contributed by atoms with Gasteiger partial charge in [0.2, 0.25) is 0 Å². The van der Waals surface area contributed by atoms with E-state index in [1.807, 2.05) is 24.3 Å². The van der Waals surface area contributed by atoms with Crippen LogP contribution in [0.15, 0.2) is 24.3 Å². The number of alkyl halides is 1. The normalized spacial score (nSPS) is 12.5. The molecule has 0 aliphatic rings. The molecule has 1 unspecified atom stereocenters. The van der Waals surface area contributed by atoms with Crippen molar-refractivity contribution in [2.45, 2.75) is 39.5 Å². The minimum Gasteiger partial charge on any atom is -0.352 e. The third kappa shape index (κ3) is 5.23. The standard InChI is InChI=1S/C16H24ClNO/c1-4-13(9-10-17)11-18-16(19)15-7-5-14(6-8-15)12(2)3/h5-8,12-13H,4,9-11H2,1-3H3,(H,18,19). The van der Waals surface area contributed by atoms with Crippen LogP contribution in [-0.2, 0) is 0 Å². The van der Waals surface area contributed by atoms with Gasteiger partial charge >= 0.3 is 0 Å². The first-order valence-electron chi connectivity index (χ1n) is 7.02. The maximum Gasteiger partial charge on any atom is 0.251 e. The van der Waals surface area contributed by atoms with E-state index < -0.39 is 0 Å². The molecule has 19 heavy (non-hydrogen) atoms.